The van der Waals surface area contributed by atoms with E-state index in [1.807, 2.05) is 0 Å². The maximum absolute atomic E-state index is 10.9. The number of hydrogen-bond acceptors (Lipinski definition) is 5. The van der Waals surface area contributed by atoms with Gasteiger partial charge in [-0.3, -0.25) is 10.1 Å². The second-order valence-electron chi connectivity index (χ2n) is 3.63. The summed E-state index contributed by atoms with van der Waals surface area (Å²) in [7, 11) is 1.59. The zero-order chi connectivity index (χ0) is 13.4. The van der Waals surface area contributed by atoms with E-state index in [9.17, 15) is 10.1 Å². The van der Waals surface area contributed by atoms with E-state index in [0.717, 1.165) is 0 Å². The van der Waals surface area contributed by atoms with Crippen LogP contribution in [0.4, 0.5) is 5.69 Å². The second kappa shape index (κ2) is 7.62. The molecule has 0 amide bonds. The number of aryl methyl sites for hydroxylation is 1. The van der Waals surface area contributed by atoms with Crippen molar-refractivity contribution in [2.75, 3.05) is 33.5 Å². The van der Waals surface area contributed by atoms with Gasteiger partial charge in [-0.25, -0.2) is 0 Å². The summed E-state index contributed by atoms with van der Waals surface area (Å²) in [6, 6.07) is 4.99. The number of rotatable bonds is 8. The van der Waals surface area contributed by atoms with Gasteiger partial charge in [-0.15, -0.1) is 0 Å². The third kappa shape index (κ3) is 4.31. The van der Waals surface area contributed by atoms with Crippen molar-refractivity contribution in [2.24, 2.45) is 0 Å². The molecule has 0 spiro atoms. The van der Waals surface area contributed by atoms with Crippen LogP contribution in [0, 0.1) is 17.0 Å². The number of methoxy groups -OCH3 is 1. The Balaban J connectivity index is 2.47. The molecule has 1 rings (SSSR count). The van der Waals surface area contributed by atoms with Crippen molar-refractivity contribution in [3.8, 4) is 5.75 Å². The Kier molecular flexibility index (Phi) is 6.10. The van der Waals surface area contributed by atoms with Gasteiger partial charge in [0, 0.05) is 12.7 Å². The summed E-state index contributed by atoms with van der Waals surface area (Å²) in [5.74, 6) is 0.273. The zero-order valence-corrected chi connectivity index (χ0v) is 10.5. The van der Waals surface area contributed by atoms with Crippen molar-refractivity contribution >= 4 is 5.69 Å². The van der Waals surface area contributed by atoms with E-state index in [4.69, 9.17) is 14.2 Å². The molecule has 0 aliphatic carbocycles. The summed E-state index contributed by atoms with van der Waals surface area (Å²) in [6.45, 7) is 3.32. The van der Waals surface area contributed by atoms with Crippen LogP contribution >= 0.6 is 0 Å². The van der Waals surface area contributed by atoms with Gasteiger partial charge in [0.2, 0.25) is 0 Å². The van der Waals surface area contributed by atoms with E-state index < -0.39 is 4.92 Å². The first-order valence-corrected chi connectivity index (χ1v) is 5.60. The van der Waals surface area contributed by atoms with Crippen molar-refractivity contribution in [3.05, 3.63) is 33.9 Å². The molecule has 0 radical (unpaired) electrons. The Morgan fingerprint density at radius 1 is 1.22 bits per heavy atom. The minimum absolute atomic E-state index is 0.00870. The molecule has 0 saturated heterocycles. The van der Waals surface area contributed by atoms with Crippen LogP contribution in [0.5, 0.6) is 5.75 Å². The molecule has 0 aliphatic heterocycles. The topological polar surface area (TPSA) is 70.8 Å². The molecule has 6 nitrogen and oxygen atoms in total. The van der Waals surface area contributed by atoms with Crippen LogP contribution < -0.4 is 4.74 Å². The van der Waals surface area contributed by atoms with Crippen molar-refractivity contribution < 1.29 is 19.1 Å². The van der Waals surface area contributed by atoms with Gasteiger partial charge >= 0.3 is 5.69 Å². The predicted molar refractivity (Wildman–Crippen MR) is 66.0 cm³/mol. The highest BCUT2D eigenvalue weighted by atomic mass is 16.6. The van der Waals surface area contributed by atoms with E-state index in [2.05, 4.69) is 0 Å². The maximum atomic E-state index is 10.9. The molecule has 1 aromatic carbocycles. The minimum Gasteiger partial charge on any atom is -0.484 e. The second-order valence-corrected chi connectivity index (χ2v) is 3.63. The van der Waals surface area contributed by atoms with E-state index in [-0.39, 0.29) is 18.0 Å². The molecule has 6 heteroatoms. The summed E-state index contributed by atoms with van der Waals surface area (Å²) in [4.78, 5) is 10.5. The minimum atomic E-state index is -0.434. The lowest BCUT2D eigenvalue weighted by Gasteiger charge is -2.08. The molecule has 0 saturated carbocycles. The van der Waals surface area contributed by atoms with Gasteiger partial charge in [0.15, 0.2) is 5.75 Å². The highest BCUT2D eigenvalue weighted by Gasteiger charge is 2.17. The van der Waals surface area contributed by atoms with Crippen LogP contribution in [0.25, 0.3) is 0 Å². The number of para-hydroxylation sites is 1. The van der Waals surface area contributed by atoms with E-state index in [0.29, 0.717) is 25.4 Å². The normalized spacial score (nSPS) is 10.3. The first-order chi connectivity index (χ1) is 8.66. The number of nitro groups is 1. The number of nitro benzene ring substituents is 1. The largest absolute Gasteiger partial charge is 0.484 e. The van der Waals surface area contributed by atoms with Crippen LogP contribution in [-0.4, -0.2) is 38.5 Å². The van der Waals surface area contributed by atoms with Crippen LogP contribution in [0.3, 0.4) is 0 Å². The molecule has 0 aliphatic rings. The molecule has 0 bridgehead atoms. The molecule has 18 heavy (non-hydrogen) atoms. The van der Waals surface area contributed by atoms with Gasteiger partial charge < -0.3 is 14.2 Å². The molecule has 0 aromatic heterocycles. The molecule has 100 valence electrons. The first-order valence-electron chi connectivity index (χ1n) is 5.60. The third-order valence-corrected chi connectivity index (χ3v) is 2.30. The molecule has 0 N–H and O–H groups in total. The maximum Gasteiger partial charge on any atom is 0.313 e. The van der Waals surface area contributed by atoms with Crippen LogP contribution in [0.1, 0.15) is 5.56 Å². The lowest BCUT2D eigenvalue weighted by atomic mass is 10.2. The van der Waals surface area contributed by atoms with Crippen molar-refractivity contribution in [2.45, 2.75) is 6.92 Å². The lowest BCUT2D eigenvalue weighted by Crippen LogP contribution is -2.10. The fourth-order valence-electron chi connectivity index (χ4n) is 1.44. The molecule has 0 heterocycles. The van der Waals surface area contributed by atoms with Crippen molar-refractivity contribution in [1.82, 2.24) is 0 Å². The van der Waals surface area contributed by atoms with Gasteiger partial charge in [-0.1, -0.05) is 12.1 Å². The summed E-state index contributed by atoms with van der Waals surface area (Å²) in [5.41, 5.74) is 0.590. The smallest absolute Gasteiger partial charge is 0.313 e. The summed E-state index contributed by atoms with van der Waals surface area (Å²) >= 11 is 0. The number of ether oxygens (including phenoxy) is 3. The van der Waals surface area contributed by atoms with Gasteiger partial charge in [-0.2, -0.15) is 0 Å². The average Bonchev–Trinajstić information content (AvgIpc) is 2.33. The zero-order valence-electron chi connectivity index (χ0n) is 10.5. The van der Waals surface area contributed by atoms with Gasteiger partial charge in [-0.05, 0) is 13.0 Å². The quantitative estimate of drug-likeness (QED) is 0.403. The fraction of sp³-hybridized carbons (Fsp3) is 0.500. The number of hydrogen-bond donors (Lipinski definition) is 0. The SMILES string of the molecule is COCCOCCOc1cccc(C)c1[N+](=O)[O-]. The Bertz CT molecular complexity index is 394. The molecular weight excluding hydrogens is 238 g/mol. The number of benzene rings is 1. The monoisotopic (exact) mass is 255 g/mol. The van der Waals surface area contributed by atoms with E-state index in [1.165, 1.54) is 0 Å². The van der Waals surface area contributed by atoms with Crippen LogP contribution in [0.2, 0.25) is 0 Å². The Hall–Kier alpha value is -1.66. The third-order valence-electron chi connectivity index (χ3n) is 2.30. The Labute approximate surface area is 106 Å². The molecule has 0 atom stereocenters. The Morgan fingerprint density at radius 2 is 1.94 bits per heavy atom. The molecular formula is C12H17NO5. The summed E-state index contributed by atoms with van der Waals surface area (Å²) in [5, 5.41) is 10.9. The highest BCUT2D eigenvalue weighted by Crippen LogP contribution is 2.29. The van der Waals surface area contributed by atoms with Crippen LogP contribution in [0.15, 0.2) is 18.2 Å². The van der Waals surface area contributed by atoms with E-state index in [1.54, 1.807) is 32.2 Å². The summed E-state index contributed by atoms with van der Waals surface area (Å²) < 4.78 is 15.4. The van der Waals surface area contributed by atoms with Gasteiger partial charge in [0.1, 0.15) is 6.61 Å². The van der Waals surface area contributed by atoms with Crippen molar-refractivity contribution in [1.29, 1.82) is 0 Å². The Morgan fingerprint density at radius 3 is 2.61 bits per heavy atom. The molecule has 0 fully saturated rings. The molecule has 0 unspecified atom stereocenters. The summed E-state index contributed by atoms with van der Waals surface area (Å²) in [6.07, 6.45) is 0. The average molecular weight is 255 g/mol. The standard InChI is InChI=1S/C12H17NO5/c1-10-4-3-5-11(12(10)13(14)15)18-9-8-17-7-6-16-2/h3-5H,6-9H2,1-2H3. The fourth-order valence-corrected chi connectivity index (χ4v) is 1.44. The predicted octanol–water partition coefficient (Wildman–Crippen LogP) is 1.95. The van der Waals surface area contributed by atoms with Gasteiger partial charge in [0.05, 0.1) is 24.7 Å². The van der Waals surface area contributed by atoms with Gasteiger partial charge in [0.25, 0.3) is 0 Å². The molecule has 1 aromatic rings. The van der Waals surface area contributed by atoms with Crippen molar-refractivity contribution in [3.63, 3.8) is 0 Å². The first kappa shape index (κ1) is 14.4. The highest BCUT2D eigenvalue weighted by molar-refractivity contribution is 5.51. The van der Waals surface area contributed by atoms with Crippen LogP contribution in [-0.2, 0) is 9.47 Å². The van der Waals surface area contributed by atoms with E-state index >= 15 is 0 Å². The lowest BCUT2D eigenvalue weighted by molar-refractivity contribution is -0.386. The number of nitrogens with zero attached hydrogens (tertiary/aromatic N) is 1.